The van der Waals surface area contributed by atoms with Crippen molar-refractivity contribution < 1.29 is 9.53 Å². The molecule has 212 valence electrons. The summed E-state index contributed by atoms with van der Waals surface area (Å²) in [5.41, 5.74) is 4.44. The number of urea groups is 1. The van der Waals surface area contributed by atoms with Crippen LogP contribution in [0.5, 0.6) is 11.6 Å². The third kappa shape index (κ3) is 6.67. The molecule has 1 aliphatic heterocycles. The van der Waals surface area contributed by atoms with Crippen LogP contribution in [-0.2, 0) is 0 Å². The maximum atomic E-state index is 13.0. The standard InChI is InChI=1S/C30H33ClN8O2/c1-19-16-21(8-10-27(19)41-28-23(6-5-13-33-28)24-11-14-34-29(32-2)36-24)35-30(40)37-25-17-20(31)7-9-26(25)39(4)22-12-15-38(3)18-22/h5-11,13-14,16-17,22H,12,15,18H2,1-4H3,(H,32,34,36)(H2,35,37,40)/t22-/m1/s1. The normalized spacial score (nSPS) is 14.9. The average molecular weight is 573 g/mol. The number of aryl methyl sites for hydroxylation is 1. The number of rotatable bonds is 8. The van der Waals surface area contributed by atoms with Gasteiger partial charge in [-0.05, 0) is 87.1 Å². The van der Waals surface area contributed by atoms with Crippen LogP contribution in [0.1, 0.15) is 12.0 Å². The first-order valence-electron chi connectivity index (χ1n) is 13.3. The Hall–Kier alpha value is -4.41. The van der Waals surface area contributed by atoms with Gasteiger partial charge in [-0.2, -0.15) is 0 Å². The first-order chi connectivity index (χ1) is 19.8. The van der Waals surface area contributed by atoms with Crippen LogP contribution in [0.4, 0.5) is 27.8 Å². The number of carbonyl (C=O) groups is 1. The highest BCUT2D eigenvalue weighted by atomic mass is 35.5. The van der Waals surface area contributed by atoms with Crippen LogP contribution in [0, 0.1) is 6.92 Å². The van der Waals surface area contributed by atoms with Gasteiger partial charge in [0.05, 0.1) is 22.6 Å². The van der Waals surface area contributed by atoms with Crippen LogP contribution in [0.2, 0.25) is 5.02 Å². The number of likely N-dealkylation sites (tertiary alicyclic amines) is 1. The third-order valence-electron chi connectivity index (χ3n) is 7.07. The summed E-state index contributed by atoms with van der Waals surface area (Å²) < 4.78 is 6.19. The van der Waals surface area contributed by atoms with Gasteiger partial charge in [0.2, 0.25) is 11.8 Å². The van der Waals surface area contributed by atoms with Crippen molar-refractivity contribution in [2.75, 3.05) is 55.1 Å². The van der Waals surface area contributed by atoms with Crippen molar-refractivity contribution in [1.29, 1.82) is 0 Å². The topological polar surface area (TPSA) is 108 Å². The van der Waals surface area contributed by atoms with E-state index in [1.165, 1.54) is 0 Å². The Kier molecular flexibility index (Phi) is 8.51. The van der Waals surface area contributed by atoms with Gasteiger partial charge >= 0.3 is 6.03 Å². The van der Waals surface area contributed by atoms with E-state index in [0.29, 0.717) is 45.7 Å². The zero-order valence-electron chi connectivity index (χ0n) is 23.5. The summed E-state index contributed by atoms with van der Waals surface area (Å²) in [5.74, 6) is 1.53. The Morgan fingerprint density at radius 2 is 1.95 bits per heavy atom. The summed E-state index contributed by atoms with van der Waals surface area (Å²) in [6.45, 7) is 3.92. The van der Waals surface area contributed by atoms with Gasteiger partial charge in [-0.15, -0.1) is 0 Å². The van der Waals surface area contributed by atoms with Crippen molar-refractivity contribution in [2.24, 2.45) is 0 Å². The van der Waals surface area contributed by atoms with E-state index in [0.717, 1.165) is 36.3 Å². The van der Waals surface area contributed by atoms with Gasteiger partial charge in [-0.25, -0.2) is 19.7 Å². The van der Waals surface area contributed by atoms with Gasteiger partial charge in [0, 0.05) is 49.8 Å². The highest BCUT2D eigenvalue weighted by molar-refractivity contribution is 6.31. The van der Waals surface area contributed by atoms with Crippen molar-refractivity contribution >= 4 is 40.6 Å². The summed E-state index contributed by atoms with van der Waals surface area (Å²) in [7, 11) is 5.93. The van der Waals surface area contributed by atoms with E-state index >= 15 is 0 Å². The molecule has 0 unspecified atom stereocenters. The summed E-state index contributed by atoms with van der Waals surface area (Å²) in [6.07, 6.45) is 4.41. The molecule has 0 spiro atoms. The lowest BCUT2D eigenvalue weighted by molar-refractivity contribution is 0.262. The zero-order chi connectivity index (χ0) is 28.9. The number of nitrogens with zero attached hydrogens (tertiary/aromatic N) is 5. The van der Waals surface area contributed by atoms with Crippen LogP contribution >= 0.6 is 11.6 Å². The number of aromatic nitrogens is 3. The number of ether oxygens (including phenoxy) is 1. The van der Waals surface area contributed by atoms with Gasteiger partial charge < -0.3 is 30.5 Å². The van der Waals surface area contributed by atoms with Crippen LogP contribution < -0.4 is 25.6 Å². The Morgan fingerprint density at radius 1 is 1.10 bits per heavy atom. The highest BCUT2D eigenvalue weighted by Crippen LogP contribution is 2.34. The molecule has 1 aliphatic rings. The van der Waals surface area contributed by atoms with Gasteiger partial charge in [-0.3, -0.25) is 0 Å². The predicted molar refractivity (Wildman–Crippen MR) is 164 cm³/mol. The number of pyridine rings is 1. The van der Waals surface area contributed by atoms with Crippen molar-refractivity contribution in [3.63, 3.8) is 0 Å². The third-order valence-corrected chi connectivity index (χ3v) is 7.30. The van der Waals surface area contributed by atoms with Crippen LogP contribution in [-0.4, -0.2) is 66.2 Å². The molecular weight excluding hydrogens is 540 g/mol. The number of hydrogen-bond acceptors (Lipinski definition) is 8. The maximum absolute atomic E-state index is 13.0. The molecule has 5 rings (SSSR count). The van der Waals surface area contributed by atoms with Crippen molar-refractivity contribution in [3.05, 3.63) is 77.6 Å². The Bertz CT molecular complexity index is 1550. The minimum atomic E-state index is -0.366. The fraction of sp³-hybridized carbons (Fsp3) is 0.267. The minimum Gasteiger partial charge on any atom is -0.438 e. The Labute approximate surface area is 244 Å². The van der Waals surface area contributed by atoms with Crippen molar-refractivity contribution in [1.82, 2.24) is 19.9 Å². The number of anilines is 4. The first kappa shape index (κ1) is 28.1. The van der Waals surface area contributed by atoms with Crippen LogP contribution in [0.15, 0.2) is 67.0 Å². The number of carbonyl (C=O) groups excluding carboxylic acids is 1. The number of hydrogen-bond donors (Lipinski definition) is 3. The summed E-state index contributed by atoms with van der Waals surface area (Å²) in [5, 5.41) is 9.39. The smallest absolute Gasteiger partial charge is 0.323 e. The lowest BCUT2D eigenvalue weighted by atomic mass is 10.1. The fourth-order valence-corrected chi connectivity index (χ4v) is 5.04. The number of nitrogens with one attached hydrogen (secondary N) is 3. The predicted octanol–water partition coefficient (Wildman–Crippen LogP) is 6.12. The lowest BCUT2D eigenvalue weighted by Crippen LogP contribution is -2.34. The van der Waals surface area contributed by atoms with Crippen molar-refractivity contribution in [2.45, 2.75) is 19.4 Å². The van der Waals surface area contributed by atoms with E-state index in [9.17, 15) is 4.79 Å². The summed E-state index contributed by atoms with van der Waals surface area (Å²) in [4.78, 5) is 30.6. The number of benzene rings is 2. The molecule has 0 bridgehead atoms. The molecular formula is C30H33ClN8O2. The van der Waals surface area contributed by atoms with E-state index in [1.807, 2.05) is 37.3 Å². The second-order valence-corrected chi connectivity index (χ2v) is 10.4. The molecule has 4 aromatic rings. The minimum absolute atomic E-state index is 0.360. The first-order valence-corrected chi connectivity index (χ1v) is 13.7. The molecule has 11 heteroatoms. The molecule has 0 saturated carbocycles. The van der Waals surface area contributed by atoms with E-state index < -0.39 is 0 Å². The molecule has 41 heavy (non-hydrogen) atoms. The second-order valence-electron chi connectivity index (χ2n) is 10.0. The van der Waals surface area contributed by atoms with Gasteiger partial charge in [0.25, 0.3) is 0 Å². The molecule has 3 N–H and O–H groups in total. The van der Waals surface area contributed by atoms with Gasteiger partial charge in [0.15, 0.2) is 0 Å². The van der Waals surface area contributed by atoms with E-state index in [-0.39, 0.29) is 6.03 Å². The van der Waals surface area contributed by atoms with E-state index in [1.54, 1.807) is 43.7 Å². The molecule has 1 atom stereocenters. The Morgan fingerprint density at radius 3 is 2.71 bits per heavy atom. The van der Waals surface area contributed by atoms with Crippen LogP contribution in [0.25, 0.3) is 11.3 Å². The zero-order valence-corrected chi connectivity index (χ0v) is 24.2. The summed E-state index contributed by atoms with van der Waals surface area (Å²) >= 11 is 6.29. The van der Waals surface area contributed by atoms with Gasteiger partial charge in [0.1, 0.15) is 5.75 Å². The molecule has 2 aromatic heterocycles. The van der Waals surface area contributed by atoms with Crippen molar-refractivity contribution in [3.8, 4) is 22.9 Å². The number of halogens is 1. The quantitative estimate of drug-likeness (QED) is 0.232. The van der Waals surface area contributed by atoms with Gasteiger partial charge in [-0.1, -0.05) is 11.6 Å². The average Bonchev–Trinajstić information content (AvgIpc) is 3.40. The van der Waals surface area contributed by atoms with E-state index in [4.69, 9.17) is 16.3 Å². The van der Waals surface area contributed by atoms with E-state index in [2.05, 4.69) is 54.8 Å². The second kappa shape index (κ2) is 12.4. The fourth-order valence-electron chi connectivity index (χ4n) is 4.87. The molecule has 2 aromatic carbocycles. The largest absolute Gasteiger partial charge is 0.438 e. The molecule has 2 amide bonds. The highest BCUT2D eigenvalue weighted by Gasteiger charge is 2.25. The molecule has 1 saturated heterocycles. The maximum Gasteiger partial charge on any atom is 0.323 e. The molecule has 10 nitrogen and oxygen atoms in total. The number of likely N-dealkylation sites (N-methyl/N-ethyl adjacent to an activating group) is 2. The lowest BCUT2D eigenvalue weighted by Gasteiger charge is -2.29. The van der Waals surface area contributed by atoms with Crippen LogP contribution in [0.3, 0.4) is 0 Å². The Balaban J connectivity index is 1.29. The SMILES string of the molecule is CNc1nccc(-c2cccnc2Oc2ccc(NC(=O)Nc3cc(Cl)ccc3N(C)[C@@H]3CCN(C)C3)cc2C)n1. The monoisotopic (exact) mass is 572 g/mol. The molecule has 0 radical (unpaired) electrons. The molecule has 0 aliphatic carbocycles. The number of amides is 2. The summed E-state index contributed by atoms with van der Waals surface area (Å²) in [6, 6.07) is 16.5. The molecule has 3 heterocycles. The molecule has 1 fully saturated rings.